The smallest absolute Gasteiger partial charge is 0.401 e. The number of hydrogen-bond donors (Lipinski definition) is 0. The van der Waals surface area contributed by atoms with E-state index in [4.69, 9.17) is 4.74 Å². The van der Waals surface area contributed by atoms with Gasteiger partial charge in [0.25, 0.3) is 0 Å². The van der Waals surface area contributed by atoms with Gasteiger partial charge in [-0.3, -0.25) is 4.98 Å². The molecule has 9 heteroatoms. The molecule has 7 nitrogen and oxygen atoms in total. The lowest BCUT2D eigenvalue weighted by Crippen LogP contribution is -2.40. The van der Waals surface area contributed by atoms with E-state index in [1.807, 2.05) is 16.7 Å². The molecular formula is C19H13BBrN5O2. The number of nitrogens with zero attached hydrogens (tertiary/aromatic N) is 5. The first-order valence-corrected chi connectivity index (χ1v) is 9.33. The molecule has 28 heavy (non-hydrogen) atoms. The second-order valence-corrected chi connectivity index (χ2v) is 7.02. The van der Waals surface area contributed by atoms with Crippen LogP contribution in [0, 0.1) is 11.2 Å². The molecule has 0 fully saturated rings. The zero-order chi connectivity index (χ0) is 19.5. The second-order valence-electron chi connectivity index (χ2n) is 6.10. The third-order valence-corrected chi connectivity index (χ3v) is 4.81. The number of carbonyl (C=O) groups excluding carboxylic acids is 1. The molecule has 0 atom stereocenters. The summed E-state index contributed by atoms with van der Waals surface area (Å²) in [6, 6.07) is 10.4. The van der Waals surface area contributed by atoms with Crippen LogP contribution >= 0.6 is 15.9 Å². The van der Waals surface area contributed by atoms with Crippen molar-refractivity contribution in [1.82, 2.24) is 19.7 Å². The number of halogens is 1. The van der Waals surface area contributed by atoms with Crippen LogP contribution in [0.2, 0.25) is 0 Å². The van der Waals surface area contributed by atoms with Gasteiger partial charge in [0.05, 0.1) is 5.56 Å². The van der Waals surface area contributed by atoms with E-state index >= 15 is 0 Å². The Morgan fingerprint density at radius 2 is 2.14 bits per heavy atom. The molecule has 0 radical (unpaired) electrons. The number of allylic oxidation sites excluding steroid dienone is 1. The minimum Gasteiger partial charge on any atom is -0.489 e. The Morgan fingerprint density at radius 3 is 3.00 bits per heavy atom. The predicted molar refractivity (Wildman–Crippen MR) is 107 cm³/mol. The first kappa shape index (κ1) is 18.1. The lowest BCUT2D eigenvalue weighted by molar-refractivity contribution is 0.107. The molecular weight excluding hydrogens is 421 g/mol. The summed E-state index contributed by atoms with van der Waals surface area (Å²) >= 11 is 3.38. The van der Waals surface area contributed by atoms with Gasteiger partial charge in [0.1, 0.15) is 24.4 Å². The molecule has 1 aromatic carbocycles. The predicted octanol–water partition coefficient (Wildman–Crippen LogP) is 2.24. The maximum atomic E-state index is 13.2. The Kier molecular flexibility index (Phi) is 5.04. The first-order chi connectivity index (χ1) is 13.7. The third kappa shape index (κ3) is 3.46. The monoisotopic (exact) mass is 433 g/mol. The van der Waals surface area contributed by atoms with Crippen LogP contribution in [0.25, 0.3) is 11.5 Å². The van der Waals surface area contributed by atoms with Crippen molar-refractivity contribution >= 4 is 33.9 Å². The van der Waals surface area contributed by atoms with Gasteiger partial charge >= 0.3 is 6.71 Å². The minimum atomic E-state index is -1.06. The number of nitriles is 1. The molecule has 2 aromatic heterocycles. The average molecular weight is 434 g/mol. The first-order valence-electron chi connectivity index (χ1n) is 8.53. The summed E-state index contributed by atoms with van der Waals surface area (Å²) in [5, 5.41) is 17.8. The Bertz CT molecular complexity index is 1120. The van der Waals surface area contributed by atoms with Gasteiger partial charge in [0.2, 0.25) is 0 Å². The summed E-state index contributed by atoms with van der Waals surface area (Å²) < 4.78 is 8.34. The lowest BCUT2D eigenvalue weighted by atomic mass is 9.44. The van der Waals surface area contributed by atoms with E-state index in [1.165, 1.54) is 0 Å². The Morgan fingerprint density at radius 1 is 1.25 bits per heavy atom. The van der Waals surface area contributed by atoms with Crippen molar-refractivity contribution in [2.24, 2.45) is 0 Å². The Labute approximate surface area is 169 Å². The van der Waals surface area contributed by atoms with E-state index in [0.717, 1.165) is 4.47 Å². The van der Waals surface area contributed by atoms with Gasteiger partial charge in [-0.2, -0.15) is 0 Å². The van der Waals surface area contributed by atoms with Crippen molar-refractivity contribution in [2.75, 3.05) is 6.61 Å². The Balaban J connectivity index is 1.87. The van der Waals surface area contributed by atoms with Crippen LogP contribution in [0.4, 0.5) is 0 Å². The fourth-order valence-corrected chi connectivity index (χ4v) is 3.31. The molecule has 4 rings (SSSR count). The van der Waals surface area contributed by atoms with Crippen molar-refractivity contribution < 1.29 is 9.53 Å². The standard InChI is InChI=1S/C19H13BBrN5O2/c21-13-6-7-16-14(10-13)18(27)20(11-22)17-5-3-4-15(24-17)19-25-23-12-26(19)8-1-2-9-28-16/h1-7,10,12H,8-9H2/b2-1-. The van der Waals surface area contributed by atoms with E-state index < -0.39 is 6.71 Å². The minimum absolute atomic E-state index is 0.292. The maximum absolute atomic E-state index is 13.2. The molecule has 1 aliphatic heterocycles. The molecule has 2 bridgehead atoms. The van der Waals surface area contributed by atoms with Crippen molar-refractivity contribution in [2.45, 2.75) is 6.54 Å². The Hall–Kier alpha value is -3.25. The van der Waals surface area contributed by atoms with Crippen LogP contribution in [0.3, 0.4) is 0 Å². The molecule has 0 spiro atoms. The topological polar surface area (TPSA) is 93.7 Å². The van der Waals surface area contributed by atoms with E-state index in [0.29, 0.717) is 41.6 Å². The van der Waals surface area contributed by atoms with Gasteiger partial charge in [0, 0.05) is 22.6 Å². The number of rotatable bonds is 0. The SMILES string of the molecule is N#CB1C(=O)c2cc(Br)ccc2OC/C=C\Cn2cnnc2-c2cccc1n2. The fourth-order valence-electron chi connectivity index (χ4n) is 2.95. The zero-order valence-corrected chi connectivity index (χ0v) is 16.2. The van der Waals surface area contributed by atoms with Crippen molar-refractivity contribution in [3.63, 3.8) is 0 Å². The van der Waals surface area contributed by atoms with Gasteiger partial charge in [-0.05, 0) is 36.4 Å². The van der Waals surface area contributed by atoms with Crippen LogP contribution in [0.1, 0.15) is 10.4 Å². The average Bonchev–Trinajstić information content (AvgIpc) is 3.17. The number of carbonyl (C=O) groups is 1. The normalized spacial score (nSPS) is 14.9. The van der Waals surface area contributed by atoms with Crippen LogP contribution in [-0.2, 0) is 6.54 Å². The molecule has 1 aliphatic rings. The highest BCUT2D eigenvalue weighted by Gasteiger charge is 2.32. The molecule has 0 saturated carbocycles. The summed E-state index contributed by atoms with van der Waals surface area (Å²) in [6.45, 7) is -0.225. The highest BCUT2D eigenvalue weighted by Crippen LogP contribution is 2.25. The van der Waals surface area contributed by atoms with Crippen molar-refractivity contribution in [3.8, 4) is 23.2 Å². The molecule has 136 valence electrons. The van der Waals surface area contributed by atoms with Gasteiger partial charge < -0.3 is 14.1 Å². The van der Waals surface area contributed by atoms with Gasteiger partial charge in [0.15, 0.2) is 11.5 Å². The number of pyridine rings is 1. The van der Waals surface area contributed by atoms with Crippen molar-refractivity contribution in [3.05, 3.63) is 64.9 Å². The summed E-state index contributed by atoms with van der Waals surface area (Å²) in [6.07, 6.45) is 5.40. The number of ether oxygens (including phenoxy) is 1. The molecule has 0 amide bonds. The maximum Gasteiger partial charge on any atom is 0.401 e. The molecule has 3 aromatic rings. The van der Waals surface area contributed by atoms with Gasteiger partial charge in [-0.25, -0.2) is 5.26 Å². The largest absolute Gasteiger partial charge is 0.489 e. The van der Waals surface area contributed by atoms with Crippen molar-refractivity contribution in [1.29, 1.82) is 5.26 Å². The molecule has 0 N–H and O–H groups in total. The lowest BCUT2D eigenvalue weighted by Gasteiger charge is -2.13. The summed E-state index contributed by atoms with van der Waals surface area (Å²) in [4.78, 5) is 17.7. The molecule has 0 saturated heterocycles. The number of fused-ring (bicyclic) bond motifs is 5. The summed E-state index contributed by atoms with van der Waals surface area (Å²) in [7, 11) is 0. The molecule has 0 aliphatic carbocycles. The van der Waals surface area contributed by atoms with E-state index in [1.54, 1.807) is 42.7 Å². The second kappa shape index (κ2) is 7.78. The number of benzene rings is 1. The van der Waals surface area contributed by atoms with Gasteiger partial charge in [-0.15, -0.1) is 10.2 Å². The fraction of sp³-hybridized carbons (Fsp3) is 0.105. The summed E-state index contributed by atoms with van der Waals surface area (Å²) in [5.41, 5.74) is 0.880. The number of hydrogen-bond acceptors (Lipinski definition) is 6. The molecule has 0 unspecified atom stereocenters. The van der Waals surface area contributed by atoms with Crippen LogP contribution in [0.5, 0.6) is 5.75 Å². The third-order valence-electron chi connectivity index (χ3n) is 4.31. The zero-order valence-electron chi connectivity index (χ0n) is 14.6. The highest BCUT2D eigenvalue weighted by molar-refractivity contribution is 9.10. The highest BCUT2D eigenvalue weighted by atomic mass is 79.9. The van der Waals surface area contributed by atoms with E-state index in [9.17, 15) is 10.1 Å². The quantitative estimate of drug-likeness (QED) is 0.398. The van der Waals surface area contributed by atoms with Crippen LogP contribution in [-0.4, -0.2) is 38.8 Å². The van der Waals surface area contributed by atoms with E-state index in [2.05, 4.69) is 37.1 Å². The molecule has 3 heterocycles. The van der Waals surface area contributed by atoms with Crippen LogP contribution < -0.4 is 10.3 Å². The van der Waals surface area contributed by atoms with Crippen LogP contribution in [0.15, 0.2) is 59.4 Å². The summed E-state index contributed by atoms with van der Waals surface area (Å²) in [5.74, 6) is 3.07. The van der Waals surface area contributed by atoms with E-state index in [-0.39, 0.29) is 5.68 Å². The number of aromatic nitrogens is 4. The van der Waals surface area contributed by atoms with Gasteiger partial charge in [-0.1, -0.05) is 28.1 Å².